The minimum Gasteiger partial charge on any atom is -0.492 e. The third-order valence-electron chi connectivity index (χ3n) is 7.52. The number of aliphatic hydroxyl groups excluding tert-OH is 2. The monoisotopic (exact) mass is 548 g/mol. The Hall–Kier alpha value is -3.59. The fourth-order valence-corrected chi connectivity index (χ4v) is 5.39. The number of rotatable bonds is 9. The number of hydrogen-bond acceptors (Lipinski definition) is 8. The predicted octanol–water partition coefficient (Wildman–Crippen LogP) is 4.48. The molecule has 0 aliphatic carbocycles. The van der Waals surface area contributed by atoms with E-state index in [4.69, 9.17) is 23.7 Å². The van der Waals surface area contributed by atoms with Crippen molar-refractivity contribution in [1.82, 2.24) is 0 Å². The molecule has 5 rings (SSSR count). The van der Waals surface area contributed by atoms with E-state index in [0.29, 0.717) is 38.4 Å². The lowest BCUT2D eigenvalue weighted by Gasteiger charge is -2.30. The quantitative estimate of drug-likeness (QED) is 0.378. The van der Waals surface area contributed by atoms with E-state index in [1.807, 2.05) is 42.5 Å². The van der Waals surface area contributed by atoms with E-state index in [9.17, 15) is 15.0 Å². The van der Waals surface area contributed by atoms with Crippen molar-refractivity contribution >= 4 is 5.97 Å². The smallest absolute Gasteiger partial charge is 0.306 e. The Labute approximate surface area is 234 Å². The van der Waals surface area contributed by atoms with Crippen molar-refractivity contribution in [2.75, 3.05) is 26.9 Å². The van der Waals surface area contributed by atoms with Crippen LogP contribution in [0, 0.1) is 13.8 Å². The molecule has 212 valence electrons. The molecule has 0 bridgehead atoms. The summed E-state index contributed by atoms with van der Waals surface area (Å²) in [5.74, 6) is 1.96. The second-order valence-electron chi connectivity index (χ2n) is 10.5. The van der Waals surface area contributed by atoms with Gasteiger partial charge in [-0.1, -0.05) is 24.3 Å². The van der Waals surface area contributed by atoms with Crippen molar-refractivity contribution in [2.24, 2.45) is 0 Å². The van der Waals surface area contributed by atoms with Gasteiger partial charge in [0, 0.05) is 24.0 Å². The number of aliphatic hydroxyl groups is 2. The molecule has 0 saturated carbocycles. The van der Waals surface area contributed by atoms with Crippen molar-refractivity contribution in [1.29, 1.82) is 0 Å². The number of fused-ring (bicyclic) bond motifs is 1. The number of carbonyl (C=O) groups is 1. The van der Waals surface area contributed by atoms with Crippen molar-refractivity contribution in [2.45, 2.75) is 57.5 Å². The molecular weight excluding hydrogens is 512 g/mol. The van der Waals surface area contributed by atoms with Gasteiger partial charge in [-0.3, -0.25) is 4.79 Å². The van der Waals surface area contributed by atoms with Gasteiger partial charge in [-0.2, -0.15) is 0 Å². The molecule has 2 aliphatic rings. The number of hydrogen-bond donors (Lipinski definition) is 2. The molecule has 8 heteroatoms. The highest BCUT2D eigenvalue weighted by Crippen LogP contribution is 2.39. The standard InChI is InChI=1S/C32H36O8/c1-19-9-25(38-17-26-13-28(33)29(34)18-39-26)10-20(2)32(19)22-6-4-5-21(11-22)15-37-24-7-8-27-23(12-31(35)36-3)16-40-30(27)14-24/h4-11,14,23,26,28-29,33-34H,12-13,15-18H2,1-3H3/t23?,26-,28-,29-/m0/s1. The van der Waals surface area contributed by atoms with Crippen LogP contribution in [0.25, 0.3) is 11.1 Å². The Bertz CT molecular complexity index is 1330. The van der Waals surface area contributed by atoms with Crippen LogP contribution in [0.5, 0.6) is 17.2 Å². The van der Waals surface area contributed by atoms with Crippen molar-refractivity contribution in [3.05, 3.63) is 76.9 Å². The summed E-state index contributed by atoms with van der Waals surface area (Å²) in [6, 6.07) is 18.1. The molecule has 40 heavy (non-hydrogen) atoms. The summed E-state index contributed by atoms with van der Waals surface area (Å²) in [5, 5.41) is 19.5. The maximum absolute atomic E-state index is 11.7. The first-order chi connectivity index (χ1) is 19.3. The van der Waals surface area contributed by atoms with Gasteiger partial charge < -0.3 is 33.9 Å². The Morgan fingerprint density at radius 2 is 1.75 bits per heavy atom. The first kappa shape index (κ1) is 28.0. The molecule has 2 aliphatic heterocycles. The topological polar surface area (TPSA) is 104 Å². The molecule has 8 nitrogen and oxygen atoms in total. The molecule has 0 amide bonds. The van der Waals surface area contributed by atoms with Crippen LogP contribution in [0.3, 0.4) is 0 Å². The van der Waals surface area contributed by atoms with Crippen LogP contribution < -0.4 is 14.2 Å². The molecule has 2 N–H and O–H groups in total. The number of aryl methyl sites for hydroxylation is 2. The molecule has 3 aromatic rings. The molecule has 3 aromatic carbocycles. The summed E-state index contributed by atoms with van der Waals surface area (Å²) in [7, 11) is 1.40. The first-order valence-corrected chi connectivity index (χ1v) is 13.6. The first-order valence-electron chi connectivity index (χ1n) is 13.6. The molecular formula is C32H36O8. The molecule has 0 spiro atoms. The van der Waals surface area contributed by atoms with Crippen LogP contribution in [0.1, 0.15) is 41.0 Å². The van der Waals surface area contributed by atoms with E-state index < -0.39 is 12.2 Å². The number of esters is 1. The third-order valence-corrected chi connectivity index (χ3v) is 7.52. The summed E-state index contributed by atoms with van der Waals surface area (Å²) in [6.45, 7) is 5.42. The normalized spacial score (nSPS) is 21.8. The molecule has 1 unspecified atom stereocenters. The van der Waals surface area contributed by atoms with Gasteiger partial charge in [0.25, 0.3) is 0 Å². The van der Waals surface area contributed by atoms with Crippen LogP contribution in [0.2, 0.25) is 0 Å². The van der Waals surface area contributed by atoms with Crippen molar-refractivity contribution in [3.8, 4) is 28.4 Å². The third kappa shape index (κ3) is 6.41. The highest BCUT2D eigenvalue weighted by Gasteiger charge is 2.29. The lowest BCUT2D eigenvalue weighted by atomic mass is 9.94. The van der Waals surface area contributed by atoms with Gasteiger partial charge in [0.05, 0.1) is 39.0 Å². The SMILES string of the molecule is COC(=O)CC1COc2cc(OCc3cccc(-c4c(C)cc(OC[C@@H]5C[C@H](O)[C@@H](O)CO5)cc4C)c3)ccc21. The fraction of sp³-hybridized carbons (Fsp3) is 0.406. The van der Waals surface area contributed by atoms with E-state index >= 15 is 0 Å². The van der Waals surface area contributed by atoms with Crippen LogP contribution in [0.4, 0.5) is 0 Å². The Morgan fingerprint density at radius 3 is 2.50 bits per heavy atom. The van der Waals surface area contributed by atoms with E-state index in [2.05, 4.69) is 26.0 Å². The minimum absolute atomic E-state index is 0.000961. The van der Waals surface area contributed by atoms with Gasteiger partial charge in [0.15, 0.2) is 0 Å². The zero-order chi connectivity index (χ0) is 28.2. The molecule has 1 fully saturated rings. The van der Waals surface area contributed by atoms with Gasteiger partial charge in [0.2, 0.25) is 0 Å². The fourth-order valence-electron chi connectivity index (χ4n) is 5.39. The van der Waals surface area contributed by atoms with Crippen molar-refractivity contribution < 1.29 is 38.7 Å². The molecule has 2 heterocycles. The largest absolute Gasteiger partial charge is 0.492 e. The minimum atomic E-state index is -0.837. The average molecular weight is 549 g/mol. The van der Waals surface area contributed by atoms with E-state index in [1.165, 1.54) is 7.11 Å². The lowest BCUT2D eigenvalue weighted by molar-refractivity contribution is -0.141. The number of benzene rings is 3. The summed E-state index contributed by atoms with van der Waals surface area (Å²) < 4.78 is 28.2. The lowest BCUT2D eigenvalue weighted by Crippen LogP contribution is -2.43. The van der Waals surface area contributed by atoms with E-state index in [-0.39, 0.29) is 24.6 Å². The summed E-state index contributed by atoms with van der Waals surface area (Å²) in [5.41, 5.74) is 6.45. The van der Waals surface area contributed by atoms with Gasteiger partial charge >= 0.3 is 5.97 Å². The van der Waals surface area contributed by atoms with E-state index in [1.54, 1.807) is 0 Å². The average Bonchev–Trinajstić information content (AvgIpc) is 3.34. The second kappa shape index (κ2) is 12.3. The summed E-state index contributed by atoms with van der Waals surface area (Å²) in [6.07, 6.45) is -1.23. The molecule has 0 radical (unpaired) electrons. The summed E-state index contributed by atoms with van der Waals surface area (Å²) >= 11 is 0. The van der Waals surface area contributed by atoms with Crippen LogP contribution in [-0.4, -0.2) is 61.4 Å². The van der Waals surface area contributed by atoms with Crippen LogP contribution in [0.15, 0.2) is 54.6 Å². The Balaban J connectivity index is 1.22. The number of carbonyl (C=O) groups excluding carboxylic acids is 1. The van der Waals surface area contributed by atoms with Gasteiger partial charge in [-0.25, -0.2) is 0 Å². The highest BCUT2D eigenvalue weighted by molar-refractivity contribution is 5.72. The highest BCUT2D eigenvalue weighted by atomic mass is 16.5. The molecule has 0 aromatic heterocycles. The van der Waals surface area contributed by atoms with Crippen molar-refractivity contribution in [3.63, 3.8) is 0 Å². The van der Waals surface area contributed by atoms with Gasteiger partial charge in [0.1, 0.15) is 36.6 Å². The van der Waals surface area contributed by atoms with E-state index in [0.717, 1.165) is 44.9 Å². The maximum atomic E-state index is 11.7. The maximum Gasteiger partial charge on any atom is 0.306 e. The summed E-state index contributed by atoms with van der Waals surface area (Å²) in [4.78, 5) is 11.7. The van der Waals surface area contributed by atoms with Crippen LogP contribution >= 0.6 is 0 Å². The second-order valence-corrected chi connectivity index (χ2v) is 10.5. The molecule has 1 saturated heterocycles. The predicted molar refractivity (Wildman–Crippen MR) is 149 cm³/mol. The number of ether oxygens (including phenoxy) is 5. The zero-order valence-corrected chi connectivity index (χ0v) is 23.1. The van der Waals surface area contributed by atoms with Gasteiger partial charge in [-0.15, -0.1) is 0 Å². The van der Waals surface area contributed by atoms with Gasteiger partial charge in [-0.05, 0) is 65.9 Å². The molecule has 4 atom stereocenters. The Kier molecular flexibility index (Phi) is 8.59. The number of methoxy groups -OCH3 is 1. The zero-order valence-electron chi connectivity index (χ0n) is 23.1. The van der Waals surface area contributed by atoms with Crippen LogP contribution in [-0.2, 0) is 20.9 Å². The Morgan fingerprint density at radius 1 is 0.950 bits per heavy atom.